The van der Waals surface area contributed by atoms with Crippen molar-refractivity contribution in [3.8, 4) is 16.9 Å². The van der Waals surface area contributed by atoms with Gasteiger partial charge in [0.25, 0.3) is 0 Å². The minimum atomic E-state index is -2.86. The van der Waals surface area contributed by atoms with Crippen LogP contribution in [0.5, 0.6) is 5.75 Å². The maximum Gasteiger partial charge on any atom is 0.387 e. The molecule has 0 atom stereocenters. The van der Waals surface area contributed by atoms with Crippen LogP contribution >= 0.6 is 15.9 Å². The Balaban J connectivity index is 2.50. The van der Waals surface area contributed by atoms with E-state index in [4.69, 9.17) is 0 Å². The molecule has 2 aromatic rings. The second-order valence-electron chi connectivity index (χ2n) is 3.24. The Bertz CT molecular complexity index is 505. The summed E-state index contributed by atoms with van der Waals surface area (Å²) >= 11 is 3.19. The van der Waals surface area contributed by atoms with E-state index in [0.717, 1.165) is 5.56 Å². The Morgan fingerprint density at radius 3 is 2.65 bits per heavy atom. The van der Waals surface area contributed by atoms with E-state index in [2.05, 4.69) is 25.7 Å². The van der Waals surface area contributed by atoms with Gasteiger partial charge in [-0.3, -0.25) is 4.98 Å². The maximum atomic E-state index is 12.3. The second kappa shape index (κ2) is 5.23. The lowest BCUT2D eigenvalue weighted by molar-refractivity contribution is -0.0499. The first kappa shape index (κ1) is 12.0. The van der Waals surface area contributed by atoms with Crippen molar-refractivity contribution in [3.63, 3.8) is 0 Å². The van der Waals surface area contributed by atoms with E-state index < -0.39 is 6.61 Å². The lowest BCUT2D eigenvalue weighted by Crippen LogP contribution is -2.03. The van der Waals surface area contributed by atoms with Gasteiger partial charge in [-0.2, -0.15) is 8.78 Å². The molecule has 1 aromatic heterocycles. The van der Waals surface area contributed by atoms with Crippen molar-refractivity contribution in [2.45, 2.75) is 6.61 Å². The molecule has 0 saturated heterocycles. The maximum absolute atomic E-state index is 12.3. The monoisotopic (exact) mass is 299 g/mol. The minimum Gasteiger partial charge on any atom is -0.433 e. The lowest BCUT2D eigenvalue weighted by Gasteiger charge is -2.12. The molecular weight excluding hydrogens is 292 g/mol. The predicted octanol–water partition coefficient (Wildman–Crippen LogP) is 4.11. The number of para-hydroxylation sites is 1. The third-order valence-corrected chi connectivity index (χ3v) is 2.77. The van der Waals surface area contributed by atoms with Gasteiger partial charge in [0, 0.05) is 23.5 Å². The van der Waals surface area contributed by atoms with Gasteiger partial charge < -0.3 is 4.74 Å². The molecule has 2 rings (SSSR count). The first-order chi connectivity index (χ1) is 8.18. The number of pyridine rings is 1. The number of alkyl halides is 2. The van der Waals surface area contributed by atoms with Crippen LogP contribution < -0.4 is 4.74 Å². The molecule has 0 radical (unpaired) electrons. The Morgan fingerprint density at radius 1 is 1.18 bits per heavy atom. The van der Waals surface area contributed by atoms with E-state index in [1.165, 1.54) is 0 Å². The van der Waals surface area contributed by atoms with Gasteiger partial charge in [-0.25, -0.2) is 0 Å². The van der Waals surface area contributed by atoms with Crippen LogP contribution in [0.25, 0.3) is 11.1 Å². The molecule has 0 amide bonds. The summed E-state index contributed by atoms with van der Waals surface area (Å²) in [5.74, 6) is 0.121. The molecule has 0 aliphatic heterocycles. The summed E-state index contributed by atoms with van der Waals surface area (Å²) in [6.07, 6.45) is 3.22. The SMILES string of the molecule is FC(F)Oc1c(Br)cccc1-c1cccnc1. The summed E-state index contributed by atoms with van der Waals surface area (Å²) < 4.78 is 29.7. The van der Waals surface area contributed by atoms with Gasteiger partial charge >= 0.3 is 6.61 Å². The molecule has 1 heterocycles. The van der Waals surface area contributed by atoms with Crippen molar-refractivity contribution in [1.82, 2.24) is 4.98 Å². The van der Waals surface area contributed by atoms with Crippen LogP contribution in [0.1, 0.15) is 0 Å². The zero-order valence-electron chi connectivity index (χ0n) is 8.61. The van der Waals surface area contributed by atoms with Gasteiger partial charge in [-0.1, -0.05) is 18.2 Å². The lowest BCUT2D eigenvalue weighted by atomic mass is 10.1. The third-order valence-electron chi connectivity index (χ3n) is 2.15. The molecule has 17 heavy (non-hydrogen) atoms. The quantitative estimate of drug-likeness (QED) is 0.851. The molecule has 0 aliphatic rings. The number of ether oxygens (including phenoxy) is 1. The van der Waals surface area contributed by atoms with Gasteiger partial charge in [0.1, 0.15) is 5.75 Å². The minimum absolute atomic E-state index is 0.121. The Kier molecular flexibility index (Phi) is 3.68. The molecular formula is C12H8BrF2NO. The topological polar surface area (TPSA) is 22.1 Å². The first-order valence-electron chi connectivity index (χ1n) is 4.82. The highest BCUT2D eigenvalue weighted by Gasteiger charge is 2.14. The fourth-order valence-corrected chi connectivity index (χ4v) is 1.93. The Hall–Kier alpha value is -1.49. The van der Waals surface area contributed by atoms with Crippen LogP contribution in [0.2, 0.25) is 0 Å². The molecule has 0 bridgehead atoms. The van der Waals surface area contributed by atoms with Crippen molar-refractivity contribution >= 4 is 15.9 Å². The highest BCUT2D eigenvalue weighted by molar-refractivity contribution is 9.10. The van der Waals surface area contributed by atoms with Gasteiger partial charge in [-0.15, -0.1) is 0 Å². The summed E-state index contributed by atoms with van der Waals surface area (Å²) in [6.45, 7) is -2.86. The molecule has 0 fully saturated rings. The molecule has 0 aliphatic carbocycles. The zero-order valence-corrected chi connectivity index (χ0v) is 10.2. The molecule has 88 valence electrons. The largest absolute Gasteiger partial charge is 0.433 e. The van der Waals surface area contributed by atoms with E-state index in [9.17, 15) is 8.78 Å². The van der Waals surface area contributed by atoms with Crippen molar-refractivity contribution < 1.29 is 13.5 Å². The summed E-state index contributed by atoms with van der Waals surface area (Å²) in [6, 6.07) is 8.64. The molecule has 0 N–H and O–H groups in total. The number of hydrogen-bond donors (Lipinski definition) is 0. The van der Waals surface area contributed by atoms with E-state index >= 15 is 0 Å². The van der Waals surface area contributed by atoms with Crippen LogP contribution in [0.4, 0.5) is 8.78 Å². The standard InChI is InChI=1S/C12H8BrF2NO/c13-10-5-1-4-9(11(10)17-12(14)15)8-3-2-6-16-7-8/h1-7,12H. The fraction of sp³-hybridized carbons (Fsp3) is 0.0833. The van der Waals surface area contributed by atoms with Crippen LogP contribution in [0.15, 0.2) is 47.2 Å². The summed E-state index contributed by atoms with van der Waals surface area (Å²) in [7, 11) is 0. The molecule has 0 unspecified atom stereocenters. The Labute approximate surface area is 105 Å². The fourth-order valence-electron chi connectivity index (χ4n) is 1.47. The molecule has 0 spiro atoms. The van der Waals surface area contributed by atoms with Crippen LogP contribution in [0, 0.1) is 0 Å². The average Bonchev–Trinajstić information content (AvgIpc) is 2.32. The molecule has 1 aromatic carbocycles. The van der Waals surface area contributed by atoms with E-state index in [0.29, 0.717) is 10.0 Å². The van der Waals surface area contributed by atoms with Gasteiger partial charge in [0.2, 0.25) is 0 Å². The number of aromatic nitrogens is 1. The molecule has 2 nitrogen and oxygen atoms in total. The van der Waals surface area contributed by atoms with E-state index in [-0.39, 0.29) is 5.75 Å². The number of hydrogen-bond acceptors (Lipinski definition) is 2. The number of benzene rings is 1. The van der Waals surface area contributed by atoms with Gasteiger partial charge in [-0.05, 0) is 28.1 Å². The zero-order chi connectivity index (χ0) is 12.3. The van der Waals surface area contributed by atoms with Crippen LogP contribution in [0.3, 0.4) is 0 Å². The van der Waals surface area contributed by atoms with Gasteiger partial charge in [0.05, 0.1) is 4.47 Å². The van der Waals surface area contributed by atoms with E-state index in [1.807, 2.05) is 0 Å². The number of nitrogens with zero attached hydrogens (tertiary/aromatic N) is 1. The first-order valence-corrected chi connectivity index (χ1v) is 5.61. The van der Waals surface area contributed by atoms with Crippen molar-refractivity contribution in [3.05, 3.63) is 47.2 Å². The normalized spacial score (nSPS) is 10.6. The second-order valence-corrected chi connectivity index (χ2v) is 4.09. The number of halogens is 3. The molecule has 5 heteroatoms. The number of rotatable bonds is 3. The highest BCUT2D eigenvalue weighted by Crippen LogP contribution is 2.36. The van der Waals surface area contributed by atoms with Crippen molar-refractivity contribution in [1.29, 1.82) is 0 Å². The summed E-state index contributed by atoms with van der Waals surface area (Å²) in [4.78, 5) is 3.95. The summed E-state index contributed by atoms with van der Waals surface area (Å²) in [5, 5.41) is 0. The smallest absolute Gasteiger partial charge is 0.387 e. The van der Waals surface area contributed by atoms with Crippen molar-refractivity contribution in [2.75, 3.05) is 0 Å². The Morgan fingerprint density at radius 2 is 2.00 bits per heavy atom. The predicted molar refractivity (Wildman–Crippen MR) is 64.0 cm³/mol. The van der Waals surface area contributed by atoms with E-state index in [1.54, 1.807) is 42.7 Å². The van der Waals surface area contributed by atoms with Crippen LogP contribution in [-0.2, 0) is 0 Å². The van der Waals surface area contributed by atoms with Crippen LogP contribution in [-0.4, -0.2) is 11.6 Å². The van der Waals surface area contributed by atoms with Gasteiger partial charge in [0.15, 0.2) is 0 Å². The summed E-state index contributed by atoms with van der Waals surface area (Å²) in [5.41, 5.74) is 1.30. The third kappa shape index (κ3) is 2.79. The average molecular weight is 300 g/mol. The molecule has 0 saturated carbocycles. The highest BCUT2D eigenvalue weighted by atomic mass is 79.9. The van der Waals surface area contributed by atoms with Crippen molar-refractivity contribution in [2.24, 2.45) is 0 Å².